The molecule has 0 amide bonds. The topological polar surface area (TPSA) is 20.2 Å². The van der Waals surface area contributed by atoms with Crippen molar-refractivity contribution in [2.24, 2.45) is 0 Å². The highest BCUT2D eigenvalue weighted by Crippen LogP contribution is 2.41. The molecule has 0 aromatic heterocycles. The largest absolute Gasteiger partial charge is 0.392 e. The number of hydrogen-bond donors (Lipinski definition) is 1. The van der Waals surface area contributed by atoms with E-state index in [1.807, 2.05) is 11.8 Å². The van der Waals surface area contributed by atoms with Crippen LogP contribution in [0.1, 0.15) is 22.6 Å². The zero-order chi connectivity index (χ0) is 13.2. The zero-order valence-electron chi connectivity index (χ0n) is 11.0. The summed E-state index contributed by atoms with van der Waals surface area (Å²) in [7, 11) is 0. The number of rotatable bonds is 3. The van der Waals surface area contributed by atoms with Gasteiger partial charge in [0.1, 0.15) is 0 Å². The molecule has 0 bridgehead atoms. The van der Waals surface area contributed by atoms with Crippen LogP contribution >= 0.6 is 11.8 Å². The number of benzene rings is 2. The fourth-order valence-corrected chi connectivity index (χ4v) is 3.94. The van der Waals surface area contributed by atoms with Gasteiger partial charge in [-0.15, -0.1) is 11.8 Å². The van der Waals surface area contributed by atoms with Gasteiger partial charge in [-0.05, 0) is 30.5 Å². The lowest BCUT2D eigenvalue weighted by atomic mass is 9.91. The molecule has 1 N–H and O–H groups in total. The van der Waals surface area contributed by atoms with E-state index in [0.717, 1.165) is 12.2 Å². The third-order valence-corrected chi connectivity index (χ3v) is 4.98. The monoisotopic (exact) mass is 270 g/mol. The van der Waals surface area contributed by atoms with Crippen LogP contribution in [0.4, 0.5) is 0 Å². The summed E-state index contributed by atoms with van der Waals surface area (Å²) in [6, 6.07) is 16.9. The summed E-state index contributed by atoms with van der Waals surface area (Å²) in [6.45, 7) is 2.09. The van der Waals surface area contributed by atoms with E-state index in [2.05, 4.69) is 55.5 Å². The molecule has 2 heteroatoms. The van der Waals surface area contributed by atoms with Crippen LogP contribution in [0.3, 0.4) is 0 Å². The van der Waals surface area contributed by atoms with E-state index in [1.165, 1.54) is 21.6 Å². The predicted molar refractivity (Wildman–Crippen MR) is 80.8 cm³/mol. The van der Waals surface area contributed by atoms with Crippen molar-refractivity contribution in [3.8, 4) is 0 Å². The molecule has 0 fully saturated rings. The highest BCUT2D eigenvalue weighted by atomic mass is 32.2. The fourth-order valence-electron chi connectivity index (χ4n) is 2.61. The summed E-state index contributed by atoms with van der Waals surface area (Å²) < 4.78 is 0. The van der Waals surface area contributed by atoms with Gasteiger partial charge in [-0.3, -0.25) is 0 Å². The highest BCUT2D eigenvalue weighted by molar-refractivity contribution is 7.99. The van der Waals surface area contributed by atoms with Gasteiger partial charge >= 0.3 is 0 Å². The quantitative estimate of drug-likeness (QED) is 0.915. The van der Waals surface area contributed by atoms with Crippen LogP contribution in [-0.4, -0.2) is 17.0 Å². The van der Waals surface area contributed by atoms with Crippen LogP contribution < -0.4 is 0 Å². The van der Waals surface area contributed by atoms with Crippen molar-refractivity contribution < 1.29 is 5.11 Å². The molecule has 98 valence electrons. The molecular formula is C17H18OS. The number of fused-ring (bicyclic) bond motifs is 1. The van der Waals surface area contributed by atoms with Gasteiger partial charge < -0.3 is 5.11 Å². The van der Waals surface area contributed by atoms with E-state index in [9.17, 15) is 5.11 Å². The third-order valence-electron chi connectivity index (χ3n) is 3.77. The van der Waals surface area contributed by atoms with Gasteiger partial charge in [0.25, 0.3) is 0 Å². The third kappa shape index (κ3) is 2.70. The standard InChI is InChI=1S/C17H18OS/c1-12-6-8-13(9-7-12)10-16(18)15-11-19-17-5-3-2-4-14(15)17/h2-9,15-16,18H,10-11H2,1H3. The number of aliphatic hydroxyl groups excluding tert-OH is 1. The first-order valence-corrected chi connectivity index (χ1v) is 7.68. The summed E-state index contributed by atoms with van der Waals surface area (Å²) in [4.78, 5) is 1.33. The SMILES string of the molecule is Cc1ccc(CC(O)C2CSc3ccccc32)cc1. The second kappa shape index (κ2) is 5.40. The van der Waals surface area contributed by atoms with E-state index < -0.39 is 0 Å². The van der Waals surface area contributed by atoms with Crippen LogP contribution in [0, 0.1) is 6.92 Å². The van der Waals surface area contributed by atoms with E-state index in [0.29, 0.717) is 0 Å². The first kappa shape index (κ1) is 12.8. The van der Waals surface area contributed by atoms with E-state index in [1.54, 1.807) is 0 Å². The number of thioether (sulfide) groups is 1. The van der Waals surface area contributed by atoms with Crippen LogP contribution in [0.2, 0.25) is 0 Å². The zero-order valence-corrected chi connectivity index (χ0v) is 11.9. The Kier molecular flexibility index (Phi) is 3.63. The van der Waals surface area contributed by atoms with Gasteiger partial charge in [-0.1, -0.05) is 48.0 Å². The summed E-state index contributed by atoms with van der Waals surface area (Å²) in [5.41, 5.74) is 3.79. The van der Waals surface area contributed by atoms with Crippen molar-refractivity contribution in [3.05, 3.63) is 65.2 Å². The Morgan fingerprint density at radius 1 is 1.16 bits per heavy atom. The van der Waals surface area contributed by atoms with Crippen molar-refractivity contribution in [2.75, 3.05) is 5.75 Å². The Labute approximate surface area is 118 Å². The van der Waals surface area contributed by atoms with Gasteiger partial charge in [-0.2, -0.15) is 0 Å². The summed E-state index contributed by atoms with van der Waals surface area (Å²) in [6.07, 6.45) is 0.443. The number of aliphatic hydroxyl groups is 1. The Balaban J connectivity index is 1.75. The van der Waals surface area contributed by atoms with E-state index >= 15 is 0 Å². The average Bonchev–Trinajstić information content (AvgIpc) is 2.85. The van der Waals surface area contributed by atoms with E-state index in [-0.39, 0.29) is 12.0 Å². The summed E-state index contributed by atoms with van der Waals surface area (Å²) in [5.74, 6) is 1.26. The Hall–Kier alpha value is -1.25. The second-order valence-corrected chi connectivity index (χ2v) is 6.27. The normalized spacial score (nSPS) is 19.2. The van der Waals surface area contributed by atoms with Gasteiger partial charge in [0.15, 0.2) is 0 Å². The maximum Gasteiger partial charge on any atom is 0.0657 e. The molecule has 0 radical (unpaired) electrons. The van der Waals surface area contributed by atoms with Crippen molar-refractivity contribution in [3.63, 3.8) is 0 Å². The molecule has 2 atom stereocenters. The molecule has 2 aromatic rings. The molecule has 19 heavy (non-hydrogen) atoms. The molecule has 1 nitrogen and oxygen atoms in total. The minimum Gasteiger partial charge on any atom is -0.392 e. The Morgan fingerprint density at radius 2 is 1.89 bits per heavy atom. The van der Waals surface area contributed by atoms with Crippen molar-refractivity contribution >= 4 is 11.8 Å². The molecule has 3 rings (SSSR count). The fraction of sp³-hybridized carbons (Fsp3) is 0.294. The number of aryl methyl sites for hydroxylation is 1. The first-order valence-electron chi connectivity index (χ1n) is 6.69. The maximum absolute atomic E-state index is 10.5. The maximum atomic E-state index is 10.5. The number of hydrogen-bond acceptors (Lipinski definition) is 2. The van der Waals surface area contributed by atoms with Crippen LogP contribution in [-0.2, 0) is 6.42 Å². The predicted octanol–water partition coefficient (Wildman–Crippen LogP) is 3.79. The second-order valence-electron chi connectivity index (χ2n) is 5.21. The minimum atomic E-state index is -0.293. The van der Waals surface area contributed by atoms with Crippen molar-refractivity contribution in [1.82, 2.24) is 0 Å². The molecule has 1 aliphatic heterocycles. The molecule has 0 saturated heterocycles. The van der Waals surface area contributed by atoms with Gasteiger partial charge in [0.05, 0.1) is 6.10 Å². The molecule has 0 aliphatic carbocycles. The molecule has 0 saturated carbocycles. The van der Waals surface area contributed by atoms with Crippen LogP contribution in [0.15, 0.2) is 53.4 Å². The minimum absolute atomic E-state index is 0.266. The van der Waals surface area contributed by atoms with Gasteiger partial charge in [-0.25, -0.2) is 0 Å². The van der Waals surface area contributed by atoms with Gasteiger partial charge in [0, 0.05) is 16.6 Å². The highest BCUT2D eigenvalue weighted by Gasteiger charge is 2.28. The molecule has 2 aromatic carbocycles. The first-order chi connectivity index (χ1) is 9.24. The summed E-state index contributed by atoms with van der Waals surface area (Å²) in [5, 5.41) is 10.5. The molecule has 1 heterocycles. The van der Waals surface area contributed by atoms with Crippen LogP contribution in [0.5, 0.6) is 0 Å². The lowest BCUT2D eigenvalue weighted by molar-refractivity contribution is 0.151. The summed E-state index contributed by atoms with van der Waals surface area (Å²) >= 11 is 1.86. The Bertz CT molecular complexity index is 562. The lowest BCUT2D eigenvalue weighted by Crippen LogP contribution is -2.21. The van der Waals surface area contributed by atoms with Gasteiger partial charge in [0.2, 0.25) is 0 Å². The van der Waals surface area contributed by atoms with Crippen molar-refractivity contribution in [2.45, 2.75) is 30.3 Å². The van der Waals surface area contributed by atoms with Crippen LogP contribution in [0.25, 0.3) is 0 Å². The molecular weight excluding hydrogens is 252 g/mol. The average molecular weight is 270 g/mol. The smallest absolute Gasteiger partial charge is 0.0657 e. The van der Waals surface area contributed by atoms with Crippen molar-refractivity contribution in [1.29, 1.82) is 0 Å². The lowest BCUT2D eigenvalue weighted by Gasteiger charge is -2.18. The molecule has 0 spiro atoms. The Morgan fingerprint density at radius 3 is 2.68 bits per heavy atom. The molecule has 1 aliphatic rings. The van der Waals surface area contributed by atoms with E-state index in [4.69, 9.17) is 0 Å². The molecule has 2 unspecified atom stereocenters.